The third-order valence-electron chi connectivity index (χ3n) is 4.33. The van der Waals surface area contributed by atoms with Crippen molar-refractivity contribution in [3.63, 3.8) is 0 Å². The third kappa shape index (κ3) is 5.06. The van der Waals surface area contributed by atoms with Gasteiger partial charge in [0.05, 0.1) is 0 Å². The van der Waals surface area contributed by atoms with Gasteiger partial charge in [0.15, 0.2) is 0 Å². The molecule has 0 unspecified atom stereocenters. The van der Waals surface area contributed by atoms with Crippen molar-refractivity contribution in [2.24, 2.45) is 0 Å². The van der Waals surface area contributed by atoms with Gasteiger partial charge in [0, 0.05) is 0 Å². The number of rotatable bonds is 7. The quantitative estimate of drug-likeness (QED) is 0.329. The lowest BCUT2D eigenvalue weighted by Crippen LogP contribution is -2.07. The first-order valence-corrected chi connectivity index (χ1v) is 9.59. The molecule has 4 nitrogen and oxygen atoms in total. The molecule has 0 heterocycles. The normalized spacial score (nSPS) is 10.3. The number of ether oxygens (including phenoxy) is 3. The van der Waals surface area contributed by atoms with Gasteiger partial charge in [-0.15, -0.1) is 0 Å². The zero-order valence-electron chi connectivity index (χ0n) is 16.2. The summed E-state index contributed by atoms with van der Waals surface area (Å²) in [7, 11) is 0. The molecule has 0 aliphatic carbocycles. The molecule has 148 valence electrons. The second kappa shape index (κ2) is 9.43. The van der Waals surface area contributed by atoms with Crippen LogP contribution in [-0.2, 0) is 11.3 Å². The van der Waals surface area contributed by atoms with Crippen LogP contribution in [0.15, 0.2) is 109 Å². The molecule has 0 aliphatic heterocycles. The lowest BCUT2D eigenvalue weighted by atomic mass is 10.2. The number of carbonyl (C=O) groups excluding carboxylic acids is 1. The van der Waals surface area contributed by atoms with Crippen molar-refractivity contribution >= 4 is 5.97 Å². The van der Waals surface area contributed by atoms with Crippen molar-refractivity contribution in [2.75, 3.05) is 0 Å². The molecular formula is C26H20O4. The van der Waals surface area contributed by atoms with Crippen LogP contribution in [0.5, 0.6) is 23.0 Å². The molecule has 0 radical (unpaired) electrons. The zero-order chi connectivity index (χ0) is 20.6. The van der Waals surface area contributed by atoms with Crippen molar-refractivity contribution in [2.45, 2.75) is 6.61 Å². The average Bonchev–Trinajstić information content (AvgIpc) is 2.79. The predicted octanol–water partition coefficient (Wildman–Crippen LogP) is 6.63. The summed E-state index contributed by atoms with van der Waals surface area (Å²) in [6.45, 7) is 0.129. The molecule has 0 atom stereocenters. The summed E-state index contributed by atoms with van der Waals surface area (Å²) in [5.41, 5.74) is 1.20. The first-order chi connectivity index (χ1) is 14.8. The van der Waals surface area contributed by atoms with Crippen LogP contribution in [0.3, 0.4) is 0 Å². The highest BCUT2D eigenvalue weighted by atomic mass is 16.5. The van der Waals surface area contributed by atoms with Gasteiger partial charge in [-0.05, 0) is 54.1 Å². The highest BCUT2D eigenvalue weighted by molar-refractivity contribution is 5.92. The maximum Gasteiger partial charge on any atom is 0.342 e. The number of hydrogen-bond acceptors (Lipinski definition) is 4. The number of carbonyl (C=O) groups is 1. The van der Waals surface area contributed by atoms with E-state index in [4.69, 9.17) is 14.2 Å². The fourth-order valence-electron chi connectivity index (χ4n) is 2.89. The Kier molecular flexibility index (Phi) is 6.06. The molecule has 4 heteroatoms. The molecule has 0 saturated heterocycles. The van der Waals surface area contributed by atoms with E-state index in [1.54, 1.807) is 18.2 Å². The third-order valence-corrected chi connectivity index (χ3v) is 4.33. The van der Waals surface area contributed by atoms with Crippen molar-refractivity contribution in [3.8, 4) is 23.0 Å². The number of benzene rings is 4. The Morgan fingerprint density at radius 3 is 1.93 bits per heavy atom. The van der Waals surface area contributed by atoms with E-state index < -0.39 is 5.97 Å². The lowest BCUT2D eigenvalue weighted by Gasteiger charge is -2.11. The second-order valence-corrected chi connectivity index (χ2v) is 6.55. The van der Waals surface area contributed by atoms with E-state index in [0.717, 1.165) is 11.3 Å². The molecule has 0 spiro atoms. The summed E-state index contributed by atoms with van der Waals surface area (Å²) < 4.78 is 17.2. The Labute approximate surface area is 175 Å². The van der Waals surface area contributed by atoms with Gasteiger partial charge in [-0.2, -0.15) is 0 Å². The van der Waals surface area contributed by atoms with Crippen molar-refractivity contribution in [1.29, 1.82) is 0 Å². The maximum atomic E-state index is 12.7. The molecule has 0 N–H and O–H groups in total. The molecule has 30 heavy (non-hydrogen) atoms. The Balaban J connectivity index is 1.42. The Hall–Kier alpha value is -4.05. The van der Waals surface area contributed by atoms with Crippen LogP contribution in [0.1, 0.15) is 15.9 Å². The Morgan fingerprint density at radius 1 is 0.600 bits per heavy atom. The largest absolute Gasteiger partial charge is 0.457 e. The first kappa shape index (κ1) is 19.3. The minimum absolute atomic E-state index is 0.129. The predicted molar refractivity (Wildman–Crippen MR) is 115 cm³/mol. The Bertz CT molecular complexity index is 1110. The topological polar surface area (TPSA) is 44.8 Å². The lowest BCUT2D eigenvalue weighted by molar-refractivity contribution is 0.0469. The summed E-state index contributed by atoms with van der Waals surface area (Å²) in [5, 5.41) is 0. The van der Waals surface area contributed by atoms with Crippen LogP contribution in [-0.4, -0.2) is 5.97 Å². The van der Waals surface area contributed by atoms with Crippen LogP contribution in [0, 0.1) is 0 Å². The number of para-hydroxylation sites is 3. The van der Waals surface area contributed by atoms with Crippen LogP contribution >= 0.6 is 0 Å². The standard InChI is InChI=1S/C26H20O4/c27-26(24-16-7-8-17-25(24)30-22-13-5-2-6-14-22)28-19-20-10-9-15-23(18-20)29-21-11-3-1-4-12-21/h1-18H,19H2. The van der Waals surface area contributed by atoms with Gasteiger partial charge in [-0.1, -0.05) is 60.7 Å². The van der Waals surface area contributed by atoms with Gasteiger partial charge in [-0.3, -0.25) is 0 Å². The summed E-state index contributed by atoms with van der Waals surface area (Å²) in [6.07, 6.45) is 0. The molecular weight excluding hydrogens is 376 g/mol. The van der Waals surface area contributed by atoms with Crippen LogP contribution < -0.4 is 9.47 Å². The first-order valence-electron chi connectivity index (χ1n) is 9.59. The van der Waals surface area contributed by atoms with E-state index in [0.29, 0.717) is 22.8 Å². The van der Waals surface area contributed by atoms with Gasteiger partial charge in [0.2, 0.25) is 0 Å². The molecule has 0 aromatic heterocycles. The molecule has 0 saturated carbocycles. The molecule has 0 aliphatic rings. The van der Waals surface area contributed by atoms with Crippen LogP contribution in [0.2, 0.25) is 0 Å². The summed E-state index contributed by atoms with van der Waals surface area (Å²) in [4.78, 5) is 12.7. The minimum Gasteiger partial charge on any atom is -0.457 e. The van der Waals surface area contributed by atoms with Crippen molar-refractivity contribution < 1.29 is 19.0 Å². The summed E-state index contributed by atoms with van der Waals surface area (Å²) in [6, 6.07) is 33.4. The van der Waals surface area contributed by atoms with Gasteiger partial charge < -0.3 is 14.2 Å². The van der Waals surface area contributed by atoms with E-state index in [9.17, 15) is 4.79 Å². The van der Waals surface area contributed by atoms with Gasteiger partial charge in [-0.25, -0.2) is 4.79 Å². The zero-order valence-corrected chi connectivity index (χ0v) is 16.2. The maximum absolute atomic E-state index is 12.7. The molecule has 0 fully saturated rings. The van der Waals surface area contributed by atoms with Crippen LogP contribution in [0.25, 0.3) is 0 Å². The van der Waals surface area contributed by atoms with Gasteiger partial charge >= 0.3 is 5.97 Å². The SMILES string of the molecule is O=C(OCc1cccc(Oc2ccccc2)c1)c1ccccc1Oc1ccccc1. The monoisotopic (exact) mass is 396 g/mol. The van der Waals surface area contributed by atoms with E-state index in [2.05, 4.69) is 0 Å². The molecule has 0 bridgehead atoms. The minimum atomic E-state index is -0.448. The highest BCUT2D eigenvalue weighted by Gasteiger charge is 2.14. The van der Waals surface area contributed by atoms with Crippen molar-refractivity contribution in [1.82, 2.24) is 0 Å². The van der Waals surface area contributed by atoms with E-state index in [-0.39, 0.29) is 6.61 Å². The van der Waals surface area contributed by atoms with Crippen LogP contribution in [0.4, 0.5) is 0 Å². The molecule has 4 rings (SSSR count). The summed E-state index contributed by atoms with van der Waals surface area (Å²) in [5.74, 6) is 2.09. The Morgan fingerprint density at radius 2 is 1.20 bits per heavy atom. The van der Waals surface area contributed by atoms with Crippen molar-refractivity contribution in [3.05, 3.63) is 120 Å². The highest BCUT2D eigenvalue weighted by Crippen LogP contribution is 2.26. The fourth-order valence-corrected chi connectivity index (χ4v) is 2.89. The average molecular weight is 396 g/mol. The smallest absolute Gasteiger partial charge is 0.342 e. The number of esters is 1. The van der Waals surface area contributed by atoms with Gasteiger partial charge in [0.1, 0.15) is 35.2 Å². The van der Waals surface area contributed by atoms with Gasteiger partial charge in [0.25, 0.3) is 0 Å². The van der Waals surface area contributed by atoms with E-state index >= 15 is 0 Å². The fraction of sp³-hybridized carbons (Fsp3) is 0.0385. The molecule has 0 amide bonds. The second-order valence-electron chi connectivity index (χ2n) is 6.55. The summed E-state index contributed by atoms with van der Waals surface area (Å²) >= 11 is 0. The molecule has 4 aromatic carbocycles. The van der Waals surface area contributed by atoms with E-state index in [1.807, 2.05) is 91.0 Å². The van der Waals surface area contributed by atoms with E-state index in [1.165, 1.54) is 0 Å². The number of hydrogen-bond donors (Lipinski definition) is 0. The molecule has 4 aromatic rings.